The number of alkyl halides is 3. The molecule has 0 saturated heterocycles. The van der Waals surface area contributed by atoms with Crippen LogP contribution in [0.5, 0.6) is 0 Å². The highest BCUT2D eigenvalue weighted by Crippen LogP contribution is 2.29. The van der Waals surface area contributed by atoms with Gasteiger partial charge < -0.3 is 0 Å². The number of hydrogen-bond donors (Lipinski definition) is 0. The summed E-state index contributed by atoms with van der Waals surface area (Å²) in [5, 5.41) is 0. The number of rotatable bonds is 2. The minimum Gasteiger partial charge on any atom is -0.269 e. The van der Waals surface area contributed by atoms with Crippen LogP contribution in [-0.4, -0.2) is 27.1 Å². The first-order valence-corrected chi connectivity index (χ1v) is 5.74. The quantitative estimate of drug-likeness (QED) is 0.474. The van der Waals surface area contributed by atoms with Gasteiger partial charge in [-0.1, -0.05) is 23.7 Å². The molecule has 3 nitrogen and oxygen atoms in total. The molecule has 1 aromatic rings. The summed E-state index contributed by atoms with van der Waals surface area (Å²) >= 11 is 17.0. The zero-order chi connectivity index (χ0) is 11.9. The highest BCUT2D eigenvalue weighted by atomic mass is 35.5. The van der Waals surface area contributed by atoms with Gasteiger partial charge in [-0.2, -0.15) is 0 Å². The van der Waals surface area contributed by atoms with Gasteiger partial charge in [0.1, 0.15) is 10.3 Å². The summed E-state index contributed by atoms with van der Waals surface area (Å²) in [6.45, 7) is 0. The minimum absolute atomic E-state index is 0.326. The Balaban J connectivity index is 2.43. The van der Waals surface area contributed by atoms with E-state index in [0.717, 1.165) is 4.90 Å². The van der Waals surface area contributed by atoms with Crippen molar-refractivity contribution in [2.45, 2.75) is 10.3 Å². The largest absolute Gasteiger partial charge is 0.269 e. The van der Waals surface area contributed by atoms with Crippen molar-refractivity contribution in [3.8, 4) is 0 Å². The smallest absolute Gasteiger partial charge is 0.262 e. The molecule has 0 aromatic heterocycles. The zero-order valence-electron chi connectivity index (χ0n) is 7.86. The minimum atomic E-state index is -1.06. The molecule has 84 valence electrons. The first-order valence-electron chi connectivity index (χ1n) is 4.43. The average Bonchev–Trinajstić information content (AvgIpc) is 2.52. The molecule has 1 unspecified atom stereocenters. The predicted octanol–water partition coefficient (Wildman–Crippen LogP) is 2.65. The van der Waals surface area contributed by atoms with Crippen LogP contribution in [0.3, 0.4) is 0 Å². The molecule has 0 saturated carbocycles. The van der Waals surface area contributed by atoms with Crippen molar-refractivity contribution in [1.29, 1.82) is 0 Å². The number of fused-ring (bicyclic) bond motifs is 1. The summed E-state index contributed by atoms with van der Waals surface area (Å²) in [6.07, 6.45) is 0. The Morgan fingerprint density at radius 2 is 1.38 bits per heavy atom. The molecule has 0 aliphatic carbocycles. The van der Waals surface area contributed by atoms with Crippen LogP contribution < -0.4 is 0 Å². The summed E-state index contributed by atoms with van der Waals surface area (Å²) in [7, 11) is 0. The fourth-order valence-electron chi connectivity index (χ4n) is 1.54. The summed E-state index contributed by atoms with van der Waals surface area (Å²) in [4.78, 5) is 23.6. The van der Waals surface area contributed by atoms with E-state index in [1.165, 1.54) is 0 Å². The van der Waals surface area contributed by atoms with Gasteiger partial charge in [-0.05, 0) is 12.1 Å². The normalized spacial score (nSPS) is 16.9. The van der Waals surface area contributed by atoms with Crippen molar-refractivity contribution in [2.75, 3.05) is 0 Å². The number of carbonyl (C=O) groups is 2. The van der Waals surface area contributed by atoms with Crippen LogP contribution in [0.2, 0.25) is 0 Å². The van der Waals surface area contributed by atoms with Crippen LogP contribution in [0.1, 0.15) is 20.7 Å². The molecule has 16 heavy (non-hydrogen) atoms. The Hall–Kier alpha value is -0.770. The van der Waals surface area contributed by atoms with Crippen LogP contribution in [-0.2, 0) is 0 Å². The molecule has 0 bridgehead atoms. The predicted molar refractivity (Wildman–Crippen MR) is 62.1 cm³/mol. The van der Waals surface area contributed by atoms with Gasteiger partial charge in [0.05, 0.1) is 11.1 Å². The summed E-state index contributed by atoms with van der Waals surface area (Å²) < 4.78 is 0. The maximum atomic E-state index is 11.9. The lowest BCUT2D eigenvalue weighted by Crippen LogP contribution is -2.39. The molecule has 2 amide bonds. The zero-order valence-corrected chi connectivity index (χ0v) is 10.1. The molecule has 0 radical (unpaired) electrons. The molecule has 1 aliphatic heterocycles. The number of amides is 2. The van der Waals surface area contributed by atoms with Gasteiger partial charge in [-0.3, -0.25) is 14.5 Å². The second kappa shape index (κ2) is 4.24. The van der Waals surface area contributed by atoms with Gasteiger partial charge in [0.15, 0.2) is 0 Å². The first-order chi connectivity index (χ1) is 7.54. The van der Waals surface area contributed by atoms with Crippen LogP contribution in [0.25, 0.3) is 0 Å². The van der Waals surface area contributed by atoms with Gasteiger partial charge >= 0.3 is 0 Å². The van der Waals surface area contributed by atoms with E-state index in [1.807, 2.05) is 0 Å². The van der Waals surface area contributed by atoms with Crippen molar-refractivity contribution in [2.24, 2.45) is 0 Å². The third-order valence-electron chi connectivity index (χ3n) is 2.28. The van der Waals surface area contributed by atoms with Gasteiger partial charge in [0.25, 0.3) is 11.8 Å². The van der Waals surface area contributed by atoms with E-state index in [2.05, 4.69) is 0 Å². The lowest BCUT2D eigenvalue weighted by molar-refractivity contribution is 0.0639. The van der Waals surface area contributed by atoms with Gasteiger partial charge in [0, 0.05) is 0 Å². The maximum absolute atomic E-state index is 11.9. The Morgan fingerprint density at radius 1 is 0.938 bits per heavy atom. The van der Waals surface area contributed by atoms with E-state index in [9.17, 15) is 9.59 Å². The monoisotopic (exact) mass is 277 g/mol. The second-order valence-electron chi connectivity index (χ2n) is 3.23. The Bertz CT molecular complexity index is 426. The van der Waals surface area contributed by atoms with E-state index in [-0.39, 0.29) is 0 Å². The van der Waals surface area contributed by atoms with E-state index in [4.69, 9.17) is 34.8 Å². The molecule has 2 rings (SSSR count). The van der Waals surface area contributed by atoms with Crippen molar-refractivity contribution < 1.29 is 9.59 Å². The molecule has 0 spiro atoms. The molecular formula is C10H6Cl3NO2. The van der Waals surface area contributed by atoms with E-state index in [0.29, 0.717) is 11.1 Å². The Kier molecular flexibility index (Phi) is 3.10. The first kappa shape index (κ1) is 11.7. The third kappa shape index (κ3) is 1.69. The van der Waals surface area contributed by atoms with Gasteiger partial charge in [-0.25, -0.2) is 0 Å². The SMILES string of the molecule is O=C1c2ccccc2C(=O)N1C(Cl)C(Cl)Cl. The molecule has 1 aliphatic rings. The standard InChI is InChI=1S/C10H6Cl3NO2/c11-7(12)8(13)14-9(15)5-3-1-2-4-6(5)10(14)16/h1-4,7-8H. The number of benzene rings is 1. The number of carbonyl (C=O) groups excluding carboxylic acids is 2. The molecular weight excluding hydrogens is 272 g/mol. The van der Waals surface area contributed by atoms with Crippen molar-refractivity contribution in [3.05, 3.63) is 35.4 Å². The summed E-state index contributed by atoms with van der Waals surface area (Å²) in [5.74, 6) is -0.932. The second-order valence-corrected chi connectivity index (χ2v) is 4.84. The van der Waals surface area contributed by atoms with Gasteiger partial charge in [0.2, 0.25) is 0 Å². The number of halogens is 3. The third-order valence-corrected chi connectivity index (χ3v) is 3.46. The van der Waals surface area contributed by atoms with Crippen molar-refractivity contribution in [1.82, 2.24) is 4.90 Å². The highest BCUT2D eigenvalue weighted by molar-refractivity contribution is 6.49. The number of hydrogen-bond acceptors (Lipinski definition) is 2. The average molecular weight is 279 g/mol. The molecule has 0 N–H and O–H groups in total. The van der Waals surface area contributed by atoms with Crippen LogP contribution in [0, 0.1) is 0 Å². The number of imide groups is 1. The fraction of sp³-hybridized carbons (Fsp3) is 0.200. The van der Waals surface area contributed by atoms with Crippen molar-refractivity contribution >= 4 is 46.6 Å². The maximum Gasteiger partial charge on any atom is 0.262 e. The van der Waals surface area contributed by atoms with E-state index < -0.39 is 22.2 Å². The summed E-state index contributed by atoms with van der Waals surface area (Å²) in [5.41, 5.74) is -0.407. The van der Waals surface area contributed by atoms with Crippen LogP contribution >= 0.6 is 34.8 Å². The van der Waals surface area contributed by atoms with E-state index in [1.54, 1.807) is 24.3 Å². The van der Waals surface area contributed by atoms with Crippen molar-refractivity contribution in [3.63, 3.8) is 0 Å². The Morgan fingerprint density at radius 3 is 1.75 bits per heavy atom. The van der Waals surface area contributed by atoms with Gasteiger partial charge in [-0.15, -0.1) is 23.2 Å². The molecule has 1 heterocycles. The molecule has 1 atom stereocenters. The van der Waals surface area contributed by atoms with Crippen LogP contribution in [0.4, 0.5) is 0 Å². The molecule has 6 heteroatoms. The number of nitrogens with zero attached hydrogens (tertiary/aromatic N) is 1. The molecule has 1 aromatic carbocycles. The lowest BCUT2D eigenvalue weighted by Gasteiger charge is -2.20. The fourth-order valence-corrected chi connectivity index (χ4v) is 1.95. The topological polar surface area (TPSA) is 37.4 Å². The molecule has 0 fully saturated rings. The summed E-state index contributed by atoms with van der Waals surface area (Å²) in [6, 6.07) is 6.48. The lowest BCUT2D eigenvalue weighted by atomic mass is 10.1. The van der Waals surface area contributed by atoms with E-state index >= 15 is 0 Å². The van der Waals surface area contributed by atoms with Crippen LogP contribution in [0.15, 0.2) is 24.3 Å². The Labute approximate surface area is 107 Å². The highest BCUT2D eigenvalue weighted by Gasteiger charge is 2.41.